The summed E-state index contributed by atoms with van der Waals surface area (Å²) >= 11 is 0. The van der Waals surface area contributed by atoms with E-state index in [1.165, 1.54) is 0 Å². The highest BCUT2D eigenvalue weighted by Gasteiger charge is 2.97. The third kappa shape index (κ3) is 7.55. The lowest BCUT2D eigenvalue weighted by Crippen LogP contribution is -2.76. The maximum absolute atomic E-state index is 14.0. The number of hydrogen-bond donors (Lipinski definition) is 1. The van der Waals surface area contributed by atoms with Crippen molar-refractivity contribution in [3.63, 3.8) is 0 Å². The van der Waals surface area contributed by atoms with E-state index < -0.39 is 94.1 Å². The number of amides is 1. The number of alkyl halides is 21. The molecule has 0 rings (SSSR count). The lowest BCUT2D eigenvalue weighted by atomic mass is 9.86. The van der Waals surface area contributed by atoms with Gasteiger partial charge in [0.2, 0.25) is 5.91 Å². The van der Waals surface area contributed by atoms with Crippen LogP contribution in [0, 0.1) is 0 Å². The summed E-state index contributed by atoms with van der Waals surface area (Å²) < 4.78 is 293. The van der Waals surface area contributed by atoms with Gasteiger partial charge in [-0.2, -0.15) is 92.2 Å². The van der Waals surface area contributed by atoms with Crippen LogP contribution in [-0.2, 0) is 15.6 Å². The minimum Gasteiger partial charge on any atom is -0.355 e. The van der Waals surface area contributed by atoms with Crippen LogP contribution in [0.15, 0.2) is 0 Å². The first kappa shape index (κ1) is 44.1. The molecule has 0 aliphatic rings. The molecule has 0 saturated carbocycles. The molecule has 0 aromatic rings. The molecule has 0 spiro atoms. The molecule has 276 valence electrons. The third-order valence-corrected chi connectivity index (χ3v) is 7.08. The van der Waals surface area contributed by atoms with Crippen molar-refractivity contribution in [2.45, 2.75) is 72.3 Å². The lowest BCUT2D eigenvalue weighted by molar-refractivity contribution is -0.870. The fraction of sp³-hybridized carbons (Fsp3) is 0.950. The van der Waals surface area contributed by atoms with Crippen LogP contribution in [0.4, 0.5) is 92.2 Å². The number of carbonyl (C=O) groups excluding carboxylic acids is 1. The molecule has 0 aromatic carbocycles. The van der Waals surface area contributed by atoms with Gasteiger partial charge in [-0.05, 0) is 0 Å². The summed E-state index contributed by atoms with van der Waals surface area (Å²) in [5.74, 6) is -82.3. The fourth-order valence-electron chi connectivity index (χ4n) is 3.04. The summed E-state index contributed by atoms with van der Waals surface area (Å²) in [5.41, 5.74) is 0. The fourth-order valence-corrected chi connectivity index (χ4v) is 4.06. The molecule has 0 aromatic heterocycles. The molecule has 0 aliphatic carbocycles. The average Bonchev–Trinajstić information content (AvgIpc) is 2.83. The maximum Gasteiger partial charge on any atom is 0.460 e. The van der Waals surface area contributed by atoms with Crippen LogP contribution in [-0.4, -0.2) is 120 Å². The Bertz CT molecular complexity index is 1100. The lowest BCUT2D eigenvalue weighted by Gasteiger charge is -2.44. The van der Waals surface area contributed by atoms with Crippen LogP contribution in [0.1, 0.15) is 12.8 Å². The number of quaternary nitrogens is 1. The van der Waals surface area contributed by atoms with Crippen LogP contribution < -0.4 is 5.32 Å². The number of hydrogen-bond acceptors (Lipinski definition) is 2. The highest BCUT2D eigenvalue weighted by atomic mass is 32.2. The summed E-state index contributed by atoms with van der Waals surface area (Å²) in [6.45, 7) is 0.285. The molecule has 1 amide bonds. The van der Waals surface area contributed by atoms with Crippen LogP contribution in [0.3, 0.4) is 0 Å². The van der Waals surface area contributed by atoms with E-state index >= 15 is 0 Å². The summed E-state index contributed by atoms with van der Waals surface area (Å²) in [4.78, 5) is 11.6. The first-order chi connectivity index (χ1) is 19.7. The predicted octanol–water partition coefficient (Wildman–Crippen LogP) is 6.62. The molecule has 1 atom stereocenters. The Morgan fingerprint density at radius 1 is 0.565 bits per heavy atom. The molecule has 0 aliphatic heterocycles. The van der Waals surface area contributed by atoms with E-state index in [1.807, 2.05) is 0 Å². The molecule has 4 nitrogen and oxygen atoms in total. The van der Waals surface area contributed by atoms with Crippen LogP contribution in [0.5, 0.6) is 0 Å². The zero-order valence-corrected chi connectivity index (χ0v) is 23.7. The number of nitrogens with one attached hydrogen (secondary N) is 1. The molecule has 0 bridgehead atoms. The summed E-state index contributed by atoms with van der Waals surface area (Å²) in [6.07, 6.45) is -10.8. The Kier molecular flexibility index (Phi) is 12.3. The van der Waals surface area contributed by atoms with Crippen molar-refractivity contribution in [3.8, 4) is 0 Å². The SMILES string of the molecule is C[N+](C)(C)CCCNC(=O)CS(=O)CCC(F)(F)C(F)(F)C(F)(F)C(F)(F)C(F)(F)C(F)(F)C(F)(F)C(F)(F)C(F)(F)C(F)(F)F. The Balaban J connectivity index is 6.26. The molecule has 0 saturated heterocycles. The van der Waals surface area contributed by atoms with Crippen molar-refractivity contribution in [3.05, 3.63) is 0 Å². The van der Waals surface area contributed by atoms with Gasteiger partial charge in [0.1, 0.15) is 5.75 Å². The van der Waals surface area contributed by atoms with Gasteiger partial charge in [-0.1, -0.05) is 0 Å². The molecule has 0 radical (unpaired) electrons. The molecule has 26 heteroatoms. The van der Waals surface area contributed by atoms with E-state index in [0.717, 1.165) is 0 Å². The Morgan fingerprint density at radius 3 is 1.22 bits per heavy atom. The van der Waals surface area contributed by atoms with Gasteiger partial charge in [-0.15, -0.1) is 0 Å². The largest absolute Gasteiger partial charge is 0.460 e. The Labute approximate surface area is 246 Å². The summed E-state index contributed by atoms with van der Waals surface area (Å²) in [5, 5.41) is 2.05. The van der Waals surface area contributed by atoms with Crippen molar-refractivity contribution < 1.29 is 106 Å². The number of carbonyl (C=O) groups is 1. The zero-order valence-electron chi connectivity index (χ0n) is 22.9. The van der Waals surface area contributed by atoms with E-state index in [2.05, 4.69) is 5.32 Å². The van der Waals surface area contributed by atoms with Gasteiger partial charge in [0, 0.05) is 35.9 Å². The average molecular weight is 753 g/mol. The summed E-state index contributed by atoms with van der Waals surface area (Å²) in [7, 11) is 2.10. The van der Waals surface area contributed by atoms with Crippen molar-refractivity contribution in [2.24, 2.45) is 0 Å². The first-order valence-electron chi connectivity index (χ1n) is 11.6. The third-order valence-electron chi connectivity index (χ3n) is 5.84. The number of halogens is 21. The minimum atomic E-state index is -9.24. The number of nitrogens with zero attached hydrogens (tertiary/aromatic N) is 1. The topological polar surface area (TPSA) is 46.2 Å². The second-order valence-corrected chi connectivity index (χ2v) is 12.1. The van der Waals surface area contributed by atoms with Gasteiger partial charge in [0.25, 0.3) is 0 Å². The predicted molar refractivity (Wildman–Crippen MR) is 114 cm³/mol. The Morgan fingerprint density at radius 2 is 0.891 bits per heavy atom. The minimum absolute atomic E-state index is 0.140. The van der Waals surface area contributed by atoms with E-state index in [4.69, 9.17) is 0 Å². The van der Waals surface area contributed by atoms with Gasteiger partial charge < -0.3 is 9.80 Å². The van der Waals surface area contributed by atoms with Gasteiger partial charge in [0.15, 0.2) is 0 Å². The van der Waals surface area contributed by atoms with Crippen LogP contribution in [0.2, 0.25) is 0 Å². The molecule has 1 N–H and O–H groups in total. The zero-order chi connectivity index (χ0) is 37.6. The Hall–Kier alpha value is -1.89. The smallest absolute Gasteiger partial charge is 0.355 e. The van der Waals surface area contributed by atoms with Crippen molar-refractivity contribution >= 4 is 16.7 Å². The second kappa shape index (κ2) is 12.9. The van der Waals surface area contributed by atoms with Gasteiger partial charge >= 0.3 is 59.5 Å². The quantitative estimate of drug-likeness (QED) is 0.103. The number of rotatable bonds is 17. The molecule has 0 heterocycles. The highest BCUT2D eigenvalue weighted by Crippen LogP contribution is 2.66. The van der Waals surface area contributed by atoms with E-state index in [9.17, 15) is 101 Å². The van der Waals surface area contributed by atoms with E-state index in [1.54, 1.807) is 21.1 Å². The molecular formula is C20H22F21N2O2S+. The monoisotopic (exact) mass is 753 g/mol. The molecule has 0 fully saturated rings. The molecular weight excluding hydrogens is 731 g/mol. The normalized spacial score (nSPS) is 16.4. The van der Waals surface area contributed by atoms with Crippen molar-refractivity contribution in [1.29, 1.82) is 0 Å². The van der Waals surface area contributed by atoms with Crippen LogP contribution >= 0.6 is 0 Å². The first-order valence-corrected chi connectivity index (χ1v) is 13.1. The molecule has 46 heavy (non-hydrogen) atoms. The van der Waals surface area contributed by atoms with E-state index in [0.29, 0.717) is 11.0 Å². The van der Waals surface area contributed by atoms with Gasteiger partial charge in [-0.3, -0.25) is 9.00 Å². The van der Waals surface area contributed by atoms with Gasteiger partial charge in [0.05, 0.1) is 27.7 Å². The van der Waals surface area contributed by atoms with Gasteiger partial charge in [-0.25, -0.2) is 0 Å². The van der Waals surface area contributed by atoms with Crippen LogP contribution in [0.25, 0.3) is 0 Å². The second-order valence-electron chi connectivity index (χ2n) is 10.6. The maximum atomic E-state index is 14.0. The molecule has 1 unspecified atom stereocenters. The summed E-state index contributed by atoms with van der Waals surface area (Å²) in [6, 6.07) is 0. The van der Waals surface area contributed by atoms with Crippen molar-refractivity contribution in [1.82, 2.24) is 5.32 Å². The van der Waals surface area contributed by atoms with E-state index in [-0.39, 0.29) is 13.0 Å². The standard InChI is InChI=1S/C20H21F21N2O2S/c1-43(2,3)7-4-6-42-10(44)9-46(45)8-5-11(21,22)12(23,24)13(25,26)14(27,28)15(29,30)16(31,32)17(33,34)18(35,36)19(37,38)20(39,40)41/h4-9H2,1-3H3/p+1. The highest BCUT2D eigenvalue weighted by molar-refractivity contribution is 7.85. The van der Waals surface area contributed by atoms with Crippen molar-refractivity contribution in [2.75, 3.05) is 45.7 Å².